The molecule has 33 heavy (non-hydrogen) atoms. The number of nitrogens with zero attached hydrogens (tertiary/aromatic N) is 2. The van der Waals surface area contributed by atoms with Crippen LogP contribution in [-0.4, -0.2) is 55.4 Å². The second kappa shape index (κ2) is 11.1. The Balaban J connectivity index is 2.00. The minimum absolute atomic E-state index is 0.00570. The highest BCUT2D eigenvalue weighted by Crippen LogP contribution is 2.39. The Labute approximate surface area is 195 Å². The van der Waals surface area contributed by atoms with Crippen molar-refractivity contribution in [2.45, 2.75) is 39.2 Å². The molecule has 0 saturated carbocycles. The van der Waals surface area contributed by atoms with E-state index in [2.05, 4.69) is 11.9 Å². The zero-order valence-corrected chi connectivity index (χ0v) is 19.9. The van der Waals surface area contributed by atoms with Crippen molar-refractivity contribution in [1.82, 2.24) is 9.88 Å². The average molecular weight is 452 g/mol. The molecule has 176 valence electrons. The van der Waals surface area contributed by atoms with Crippen LogP contribution >= 0.6 is 0 Å². The Hall–Kier alpha value is -3.19. The Morgan fingerprint density at radius 3 is 2.52 bits per heavy atom. The number of unbranched alkanes of at least 4 members (excludes halogenated alkanes) is 1. The lowest BCUT2D eigenvalue weighted by molar-refractivity contribution is -0.858. The first-order valence-corrected chi connectivity index (χ1v) is 11.5. The standard InChI is InChI=1S/C26H33N3O4/c1-5-6-16-33-20-8-9-21(18(2)17-20)24(30)22-23(19-10-12-27-13-11-19)29(26(32)25(22)31)15-7-14-28(3)4/h8-13,17,23,30H,5-7,14-16H2,1-4H3. The molecule has 7 nitrogen and oxygen atoms in total. The first-order valence-electron chi connectivity index (χ1n) is 11.5. The molecule has 3 rings (SSSR count). The molecule has 2 aromatic rings. The van der Waals surface area contributed by atoms with E-state index in [-0.39, 0.29) is 5.57 Å². The van der Waals surface area contributed by atoms with Crippen LogP contribution in [0.1, 0.15) is 48.9 Å². The molecule has 0 aliphatic carbocycles. The number of ether oxygens (including phenoxy) is 1. The van der Waals surface area contributed by atoms with E-state index in [1.807, 2.05) is 27.1 Å². The van der Waals surface area contributed by atoms with Crippen molar-refractivity contribution in [2.24, 2.45) is 0 Å². The molecule has 1 fully saturated rings. The molecule has 0 spiro atoms. The second-order valence-electron chi connectivity index (χ2n) is 8.74. The maximum Gasteiger partial charge on any atom is 0.295 e. The quantitative estimate of drug-likeness (QED) is 0.255. The molecular formula is C26H33N3O4. The van der Waals surface area contributed by atoms with Crippen molar-refractivity contribution in [2.75, 3.05) is 33.8 Å². The summed E-state index contributed by atoms with van der Waals surface area (Å²) < 4.78 is 5.74. The van der Waals surface area contributed by atoms with Gasteiger partial charge in [-0.05, 0) is 54.3 Å². The lowest BCUT2D eigenvalue weighted by Crippen LogP contribution is -3.05. The molecule has 1 aromatic heterocycles. The summed E-state index contributed by atoms with van der Waals surface area (Å²) in [5.74, 6) is -1.06. The summed E-state index contributed by atoms with van der Waals surface area (Å²) in [5, 5.41) is 13.6. The topological polar surface area (TPSA) is 87.0 Å². The average Bonchev–Trinajstić information content (AvgIpc) is 3.04. The van der Waals surface area contributed by atoms with Gasteiger partial charge in [0.05, 0.1) is 33.3 Å². The largest absolute Gasteiger partial charge is 0.872 e. The molecule has 7 heteroatoms. The van der Waals surface area contributed by atoms with E-state index in [1.165, 1.54) is 9.80 Å². The number of likely N-dealkylation sites (tertiary alicyclic amines) is 1. The number of hydrogen-bond acceptors (Lipinski definition) is 5. The molecule has 1 atom stereocenters. The smallest absolute Gasteiger partial charge is 0.295 e. The van der Waals surface area contributed by atoms with Gasteiger partial charge in [0.1, 0.15) is 5.75 Å². The lowest BCUT2D eigenvalue weighted by atomic mass is 9.94. The predicted octanol–water partition coefficient (Wildman–Crippen LogP) is 1.33. The van der Waals surface area contributed by atoms with Gasteiger partial charge in [0.25, 0.3) is 5.91 Å². The molecule has 0 bridgehead atoms. The molecule has 1 aromatic carbocycles. The van der Waals surface area contributed by atoms with Gasteiger partial charge < -0.3 is 19.6 Å². The number of rotatable bonds is 10. The van der Waals surface area contributed by atoms with Gasteiger partial charge in [-0.2, -0.15) is 0 Å². The van der Waals surface area contributed by atoms with Crippen LogP contribution in [0.5, 0.6) is 5.75 Å². The maximum atomic E-state index is 13.6. The molecule has 1 amide bonds. The Morgan fingerprint density at radius 2 is 1.88 bits per heavy atom. The SMILES string of the molecule is CCCCOc1ccc(C([O-])=C2C(=O)C(=O)N(CCC[NH+](C)C)C2c2ccncc2)c(C)c1. The molecule has 1 aliphatic heterocycles. The third-order valence-electron chi connectivity index (χ3n) is 5.84. The minimum Gasteiger partial charge on any atom is -0.872 e. The number of ketones is 1. The van der Waals surface area contributed by atoms with Crippen LogP contribution in [-0.2, 0) is 9.59 Å². The summed E-state index contributed by atoms with van der Waals surface area (Å²) in [6.07, 6.45) is 5.94. The van der Waals surface area contributed by atoms with Crippen molar-refractivity contribution < 1.29 is 24.3 Å². The number of Topliss-reactive ketones (excluding diaryl/α,β-unsaturated/α-hetero) is 1. The fraction of sp³-hybridized carbons (Fsp3) is 0.423. The van der Waals surface area contributed by atoms with Gasteiger partial charge in [-0.15, -0.1) is 0 Å². The van der Waals surface area contributed by atoms with Crippen LogP contribution in [0.3, 0.4) is 0 Å². The van der Waals surface area contributed by atoms with E-state index in [0.29, 0.717) is 35.6 Å². The lowest BCUT2D eigenvalue weighted by Gasteiger charge is -2.28. The number of quaternary nitrogens is 1. The van der Waals surface area contributed by atoms with E-state index in [1.54, 1.807) is 36.7 Å². The first-order chi connectivity index (χ1) is 15.8. The number of pyridine rings is 1. The highest BCUT2D eigenvalue weighted by molar-refractivity contribution is 6.46. The summed E-state index contributed by atoms with van der Waals surface area (Å²) in [4.78, 5) is 32.9. The van der Waals surface area contributed by atoms with Gasteiger partial charge in [0.15, 0.2) is 0 Å². The Bertz CT molecular complexity index is 1020. The van der Waals surface area contributed by atoms with E-state index in [9.17, 15) is 14.7 Å². The number of hydrogen-bond donors (Lipinski definition) is 1. The molecule has 0 radical (unpaired) electrons. The number of benzene rings is 1. The van der Waals surface area contributed by atoms with E-state index in [0.717, 1.165) is 25.8 Å². The normalized spacial score (nSPS) is 17.7. The number of nitrogens with one attached hydrogen (secondary N) is 1. The van der Waals surface area contributed by atoms with Gasteiger partial charge in [-0.1, -0.05) is 25.2 Å². The Kier molecular flexibility index (Phi) is 8.22. The van der Waals surface area contributed by atoms with Crippen molar-refractivity contribution in [1.29, 1.82) is 0 Å². The number of amides is 1. The summed E-state index contributed by atoms with van der Waals surface area (Å²) in [5.41, 5.74) is 1.84. The van der Waals surface area contributed by atoms with Gasteiger partial charge in [0.2, 0.25) is 5.78 Å². The van der Waals surface area contributed by atoms with Crippen LogP contribution in [0.15, 0.2) is 48.3 Å². The van der Waals surface area contributed by atoms with E-state index in [4.69, 9.17) is 4.74 Å². The fourth-order valence-electron chi connectivity index (χ4n) is 4.06. The number of carbonyl (C=O) groups is 2. The number of aryl methyl sites for hydroxylation is 1. The summed E-state index contributed by atoms with van der Waals surface area (Å²) in [6, 6.07) is 8.04. The number of carbonyl (C=O) groups excluding carboxylic acids is 2. The zero-order chi connectivity index (χ0) is 24.0. The highest BCUT2D eigenvalue weighted by Gasteiger charge is 2.44. The van der Waals surface area contributed by atoms with E-state index < -0.39 is 23.5 Å². The van der Waals surface area contributed by atoms with Gasteiger partial charge in [0, 0.05) is 30.9 Å². The maximum absolute atomic E-state index is 13.6. The summed E-state index contributed by atoms with van der Waals surface area (Å²) in [6.45, 7) is 5.78. The number of aromatic nitrogens is 1. The molecule has 1 N–H and O–H groups in total. The molecule has 2 heterocycles. The fourth-order valence-corrected chi connectivity index (χ4v) is 4.06. The summed E-state index contributed by atoms with van der Waals surface area (Å²) in [7, 11) is 4.08. The minimum atomic E-state index is -0.721. The van der Waals surface area contributed by atoms with Crippen molar-refractivity contribution in [3.05, 3.63) is 65.0 Å². The van der Waals surface area contributed by atoms with Crippen LogP contribution in [0.2, 0.25) is 0 Å². The van der Waals surface area contributed by atoms with Gasteiger partial charge >= 0.3 is 0 Å². The summed E-state index contributed by atoms with van der Waals surface area (Å²) >= 11 is 0. The first kappa shape index (κ1) is 24.5. The van der Waals surface area contributed by atoms with Crippen molar-refractivity contribution in [3.63, 3.8) is 0 Å². The van der Waals surface area contributed by atoms with Crippen LogP contribution < -0.4 is 14.7 Å². The molecule has 1 aliphatic rings. The third kappa shape index (κ3) is 5.60. The van der Waals surface area contributed by atoms with E-state index >= 15 is 0 Å². The zero-order valence-electron chi connectivity index (χ0n) is 19.9. The Morgan fingerprint density at radius 1 is 1.15 bits per heavy atom. The van der Waals surface area contributed by atoms with Crippen LogP contribution in [0.25, 0.3) is 5.76 Å². The van der Waals surface area contributed by atoms with Crippen LogP contribution in [0, 0.1) is 6.92 Å². The molecule has 1 saturated heterocycles. The second-order valence-corrected chi connectivity index (χ2v) is 8.74. The van der Waals surface area contributed by atoms with Crippen molar-refractivity contribution >= 4 is 17.4 Å². The third-order valence-corrected chi connectivity index (χ3v) is 5.84. The predicted molar refractivity (Wildman–Crippen MR) is 124 cm³/mol. The van der Waals surface area contributed by atoms with Gasteiger partial charge in [-0.25, -0.2) is 0 Å². The molecular weight excluding hydrogens is 418 g/mol. The highest BCUT2D eigenvalue weighted by atomic mass is 16.5. The van der Waals surface area contributed by atoms with Crippen molar-refractivity contribution in [3.8, 4) is 5.75 Å². The monoisotopic (exact) mass is 451 g/mol. The van der Waals surface area contributed by atoms with Gasteiger partial charge in [-0.3, -0.25) is 14.6 Å². The van der Waals surface area contributed by atoms with Crippen LogP contribution in [0.4, 0.5) is 0 Å². The molecule has 1 unspecified atom stereocenters.